The first-order valence-corrected chi connectivity index (χ1v) is 43.2. The maximum atomic E-state index is 15.3. The molecule has 2 saturated carbocycles. The van der Waals surface area contributed by atoms with Gasteiger partial charge in [-0.25, -0.2) is 9.59 Å². The number of aromatic amines is 2. The zero-order chi connectivity index (χ0) is 84.2. The Kier molecular flexibility index (Phi) is 20.7. The maximum absolute atomic E-state index is 15.3. The highest BCUT2D eigenvalue weighted by atomic mass is 16.6. The number of allylic oxidation sites excluding steroid dienone is 1. The Morgan fingerprint density at radius 3 is 1.46 bits per heavy atom. The van der Waals surface area contributed by atoms with Crippen molar-refractivity contribution < 1.29 is 77.2 Å². The lowest BCUT2D eigenvalue weighted by atomic mass is 9.47. The minimum Gasteiger partial charge on any atom is -0.496 e. The quantitative estimate of drug-likeness (QED) is 0.0277. The van der Waals surface area contributed by atoms with E-state index in [1.54, 1.807) is 21.1 Å². The maximum Gasteiger partial charge on any atom is 0.344 e. The minimum absolute atomic E-state index is 0.134. The molecule has 2 aromatic heterocycles. The zero-order valence-corrected chi connectivity index (χ0v) is 71.7. The molecular weight excluding hydrogens is 1510 g/mol. The number of likely N-dealkylation sites (N-methyl/N-ethyl adjacent to an activating group) is 2. The fourth-order valence-corrected chi connectivity index (χ4v) is 26.8. The van der Waals surface area contributed by atoms with Gasteiger partial charge < -0.3 is 73.0 Å². The number of anilines is 2. The van der Waals surface area contributed by atoms with Crippen molar-refractivity contribution in [3.8, 4) is 11.5 Å². The van der Waals surface area contributed by atoms with Crippen LogP contribution in [0.1, 0.15) is 157 Å². The van der Waals surface area contributed by atoms with Gasteiger partial charge in [-0.15, -0.1) is 0 Å². The number of aliphatic hydroxyl groups is 3. The molecule has 3 saturated heterocycles. The number of aromatic nitrogens is 2. The fourth-order valence-electron chi connectivity index (χ4n) is 26.8. The van der Waals surface area contributed by atoms with Crippen LogP contribution in [-0.4, -0.2) is 250 Å². The van der Waals surface area contributed by atoms with Gasteiger partial charge in [0.1, 0.15) is 22.3 Å². The van der Waals surface area contributed by atoms with Crippen LogP contribution in [0.15, 0.2) is 121 Å². The lowest BCUT2D eigenvalue weighted by molar-refractivity contribution is -0.228. The number of esters is 5. The highest BCUT2D eigenvalue weighted by Gasteiger charge is 2.83. The molecule has 24 heteroatoms. The number of piperidine rings is 1. The van der Waals surface area contributed by atoms with E-state index in [9.17, 15) is 29.7 Å². The Morgan fingerprint density at radius 1 is 0.546 bits per heavy atom. The second-order valence-electron chi connectivity index (χ2n) is 36.6. The van der Waals surface area contributed by atoms with Crippen molar-refractivity contribution in [3.63, 3.8) is 0 Å². The Morgan fingerprint density at radius 2 is 1.02 bits per heavy atom. The number of benzene rings is 4. The van der Waals surface area contributed by atoms with Gasteiger partial charge in [-0.3, -0.25) is 34.0 Å². The average Bonchev–Trinajstić information content (AvgIpc) is 1.50. The number of fused-ring (bicyclic) bond motifs is 12. The van der Waals surface area contributed by atoms with Gasteiger partial charge in [-0.1, -0.05) is 107 Å². The first-order chi connectivity index (χ1) is 57.1. The van der Waals surface area contributed by atoms with E-state index < -0.39 is 97.5 Å². The summed E-state index contributed by atoms with van der Waals surface area (Å²) in [6.45, 7) is 23.3. The number of nitrogens with one attached hydrogen (secondary N) is 2. The molecule has 4 aromatic carbocycles. The normalized spacial score (nSPS) is 35.7. The van der Waals surface area contributed by atoms with Crippen molar-refractivity contribution >= 4 is 63.0 Å². The van der Waals surface area contributed by atoms with E-state index in [4.69, 9.17) is 37.9 Å². The lowest BCUT2D eigenvalue weighted by Crippen LogP contribution is -2.81. The van der Waals surface area contributed by atoms with Gasteiger partial charge >= 0.3 is 29.8 Å². The van der Waals surface area contributed by atoms with Crippen LogP contribution in [0.5, 0.6) is 11.5 Å². The summed E-state index contributed by atoms with van der Waals surface area (Å²) in [4.78, 5) is 93.9. The molecule has 19 atom stereocenters. The topological polar surface area (TPSA) is 271 Å². The Hall–Kier alpha value is -9.01. The number of hydrogen-bond acceptors (Lipinski definition) is 22. The van der Waals surface area contributed by atoms with E-state index in [0.29, 0.717) is 119 Å². The third-order valence-corrected chi connectivity index (χ3v) is 31.3. The van der Waals surface area contributed by atoms with Crippen LogP contribution >= 0.6 is 0 Å². The SMILES string of the molecule is C=C(C)O[C@@H]1[C@]2(CC)C=CCN3CC[C@@]4(c5cc([C@@]6(C(=O)OC)CC[C@@H]7CN(CCc8c6[nH]c6ccccc86)C[C@](O)(CC)C7)c(OC)cc5N(C)C4[C@@]1(O)C(=O)OC)C32.CCC1=C[C@@H]2CC[C@](C(=O)OC)(c3cc4c(cc3OC)N(C)C3[C@]45CCN4CC=C[C@](CC)(C45)[C@@H](OC(C)=O)[C@]3(O)C(=O)OC)c3[nH]c4ccccc4c3CCN(C1)C2. The third-order valence-electron chi connectivity index (χ3n) is 31.3. The number of hydrogen-bond donors (Lipinski definition) is 5. The number of nitrogens with zero attached hydrogens (tertiary/aromatic N) is 6. The summed E-state index contributed by atoms with van der Waals surface area (Å²) in [5.74, 6) is -1.19. The third kappa shape index (κ3) is 11.5. The number of ether oxygens (including phenoxy) is 8. The number of rotatable bonds is 15. The molecule has 10 aliphatic heterocycles. The van der Waals surface area contributed by atoms with Crippen molar-refractivity contribution in [1.29, 1.82) is 0 Å². The number of carbonyl (C=O) groups is 5. The number of H-pyrrole nitrogens is 2. The molecule has 5 fully saturated rings. The molecule has 12 aliphatic rings. The van der Waals surface area contributed by atoms with Crippen molar-refractivity contribution in [2.24, 2.45) is 22.7 Å². The van der Waals surface area contributed by atoms with E-state index in [1.807, 2.05) is 67.2 Å². The number of para-hydroxylation sites is 2. The molecule has 6 aromatic rings. The predicted molar refractivity (Wildman–Crippen MR) is 453 cm³/mol. The van der Waals surface area contributed by atoms with Crippen molar-refractivity contribution in [2.45, 2.75) is 200 Å². The molecule has 0 amide bonds. The molecule has 4 bridgehead atoms. The molecule has 24 nitrogen and oxygen atoms in total. The van der Waals surface area contributed by atoms with Crippen LogP contribution in [-0.2, 0) is 86.9 Å². The smallest absolute Gasteiger partial charge is 0.344 e. The zero-order valence-electron chi connectivity index (χ0n) is 71.7. The van der Waals surface area contributed by atoms with Gasteiger partial charge in [0.05, 0.1) is 66.1 Å². The Labute approximate surface area is 698 Å². The molecule has 2 spiro atoms. The van der Waals surface area contributed by atoms with Gasteiger partial charge in [0.15, 0.2) is 12.2 Å². The van der Waals surface area contributed by atoms with Gasteiger partial charge in [0, 0.05) is 175 Å². The van der Waals surface area contributed by atoms with E-state index >= 15 is 9.59 Å². The summed E-state index contributed by atoms with van der Waals surface area (Å²) in [5.41, 5.74) is 0.488. The summed E-state index contributed by atoms with van der Waals surface area (Å²) < 4.78 is 48.5. The van der Waals surface area contributed by atoms with Crippen LogP contribution in [0.25, 0.3) is 21.8 Å². The van der Waals surface area contributed by atoms with E-state index in [-0.39, 0.29) is 29.9 Å². The van der Waals surface area contributed by atoms with Crippen molar-refractivity contribution in [2.75, 3.05) is 132 Å². The molecule has 6 unspecified atom stereocenters. The predicted octanol–water partition coefficient (Wildman–Crippen LogP) is 10.6. The van der Waals surface area contributed by atoms with Crippen LogP contribution in [0.3, 0.4) is 0 Å². The molecular formula is C95H120N8O16. The van der Waals surface area contributed by atoms with E-state index in [0.717, 1.165) is 125 Å². The molecule has 12 heterocycles. The van der Waals surface area contributed by atoms with E-state index in [2.05, 4.69) is 124 Å². The molecule has 119 heavy (non-hydrogen) atoms. The fraction of sp³-hybridized carbons (Fsp3) is 0.568. The summed E-state index contributed by atoms with van der Waals surface area (Å²) in [5, 5.41) is 40.7. The van der Waals surface area contributed by atoms with Crippen LogP contribution < -0.4 is 19.3 Å². The second kappa shape index (κ2) is 30.0. The van der Waals surface area contributed by atoms with Gasteiger partial charge in [0.25, 0.3) is 0 Å². The van der Waals surface area contributed by atoms with Crippen molar-refractivity contribution in [3.05, 3.63) is 166 Å². The molecule has 18 rings (SSSR count). The first kappa shape index (κ1) is 82.3. The molecule has 2 aliphatic carbocycles. The molecule has 636 valence electrons. The number of methoxy groups -OCH3 is 6. The lowest BCUT2D eigenvalue weighted by Gasteiger charge is -2.63. The monoisotopic (exact) mass is 1630 g/mol. The summed E-state index contributed by atoms with van der Waals surface area (Å²) in [6.07, 6.45) is 16.8. The Bertz CT molecular complexity index is 5190. The van der Waals surface area contributed by atoms with Gasteiger partial charge in [-0.05, 0) is 162 Å². The first-order valence-electron chi connectivity index (χ1n) is 43.2. The van der Waals surface area contributed by atoms with Crippen LogP contribution in [0, 0.1) is 22.7 Å². The number of carbonyl (C=O) groups excluding carboxylic acids is 5. The average molecular weight is 1630 g/mol. The van der Waals surface area contributed by atoms with Crippen LogP contribution in [0.2, 0.25) is 0 Å². The largest absolute Gasteiger partial charge is 0.496 e. The molecule has 0 radical (unpaired) electrons. The van der Waals surface area contributed by atoms with Gasteiger partial charge in [0.2, 0.25) is 11.2 Å². The minimum atomic E-state index is -2.28. The molecule has 5 N–H and O–H groups in total. The standard InChI is InChI=1S/C48H62N4O8.C47H58N4O8/c1-9-44(55)26-30-16-19-46(42(53)58-7,38-32(17-22-51(27-30)28-44)31-14-11-12-15-35(31)49-38)34-24-33-36(25-37(34)57-6)50(5)40-47(33)20-23-52-21-13-18-45(10-2,39(47)52)41(60-29(3)4)48(40,56)43(54)59-8;1-8-29-23-30-15-18-45(42(53)57-6,38-32(16-21-50(26-29)27-30)31-13-10-11-14-35(31)48-38)34-24-33-36(25-37(34)56-5)49(4)40-46(33)19-22-51-20-12-17-44(9-2,39(46)51)41(59-28(3)52)47(40,55)43(54)58-7/h11-15,18,24-25,30,39-41,49,55-56H,3,9-10,16-17,19-23,26-28H2,1-2,4-8H3;10-14,17,23-25,30,39-41,48,55H,8-9,15-16,18-22,26-27H2,1-7H3/t30-,39?,40?,41+,44-,45+,46-,47+,48-;30-,39?,40?,41+,44+,45-,46+,47-/m00/s1. The highest BCUT2D eigenvalue weighted by Crippen LogP contribution is 2.71. The second-order valence-corrected chi connectivity index (χ2v) is 36.6. The van der Waals surface area contributed by atoms with Gasteiger partial charge in [-0.2, -0.15) is 0 Å². The summed E-state index contributed by atoms with van der Waals surface area (Å²) in [7, 11) is 12.6. The van der Waals surface area contributed by atoms with E-state index in [1.165, 1.54) is 40.9 Å². The van der Waals surface area contributed by atoms with Crippen molar-refractivity contribution in [1.82, 2.24) is 29.6 Å². The highest BCUT2D eigenvalue weighted by molar-refractivity contribution is 5.97. The Balaban J connectivity index is 0.000000170. The van der Waals surface area contributed by atoms with Crippen LogP contribution in [0.4, 0.5) is 11.4 Å². The summed E-state index contributed by atoms with van der Waals surface area (Å²) >= 11 is 0. The summed E-state index contributed by atoms with van der Waals surface area (Å²) in [6, 6.07) is 22.6.